The first-order valence-electron chi connectivity index (χ1n) is 8.54. The number of carbonyl (C=O) groups excluding carboxylic acids is 1. The average molecular weight is 344 g/mol. The molecule has 1 saturated carbocycles. The summed E-state index contributed by atoms with van der Waals surface area (Å²) in [5.74, 6) is 1.48. The van der Waals surface area contributed by atoms with Gasteiger partial charge in [0.2, 0.25) is 5.91 Å². The molecule has 0 atom stereocenters. The van der Waals surface area contributed by atoms with Gasteiger partial charge in [-0.1, -0.05) is 30.7 Å². The number of nitrogens with zero attached hydrogens (tertiary/aromatic N) is 2. The standard InChI is InChI=1S/C18H24N4OS/c1-12-6-8-15(9-7-12)19-16(23)11-22-17(20-21-18(22)24)14-5-3-4-13(2)10-14/h3-5,10,12,15H,6-9,11H2,1-2H3,(H,19,23)(H,21,24). The van der Waals surface area contributed by atoms with E-state index in [-0.39, 0.29) is 18.5 Å². The predicted molar refractivity (Wildman–Crippen MR) is 97.1 cm³/mol. The molecule has 2 N–H and O–H groups in total. The second-order valence-corrected chi connectivity index (χ2v) is 7.22. The van der Waals surface area contributed by atoms with Crippen molar-refractivity contribution in [1.29, 1.82) is 0 Å². The van der Waals surface area contributed by atoms with Crippen molar-refractivity contribution in [2.75, 3.05) is 0 Å². The molecule has 0 unspecified atom stereocenters. The van der Waals surface area contributed by atoms with Gasteiger partial charge in [-0.05, 0) is 56.8 Å². The Hall–Kier alpha value is -1.95. The molecule has 3 rings (SSSR count). The molecular weight excluding hydrogens is 320 g/mol. The van der Waals surface area contributed by atoms with Gasteiger partial charge in [0, 0.05) is 11.6 Å². The SMILES string of the molecule is Cc1cccc(-c2n[nH]c(=S)n2CC(=O)NC2CCC(C)CC2)c1. The van der Waals surface area contributed by atoms with Crippen molar-refractivity contribution >= 4 is 18.1 Å². The molecule has 0 radical (unpaired) electrons. The van der Waals surface area contributed by atoms with Crippen LogP contribution >= 0.6 is 12.2 Å². The normalized spacial score (nSPS) is 20.8. The molecule has 0 bridgehead atoms. The fourth-order valence-corrected chi connectivity index (χ4v) is 3.49. The molecule has 5 nitrogen and oxygen atoms in total. The number of amides is 1. The second-order valence-electron chi connectivity index (χ2n) is 6.83. The lowest BCUT2D eigenvalue weighted by Gasteiger charge is -2.27. The van der Waals surface area contributed by atoms with Gasteiger partial charge in [-0.15, -0.1) is 0 Å². The summed E-state index contributed by atoms with van der Waals surface area (Å²) in [6.45, 7) is 4.51. The largest absolute Gasteiger partial charge is 0.352 e. The molecule has 1 aromatic heterocycles. The molecule has 0 saturated heterocycles. The summed E-state index contributed by atoms with van der Waals surface area (Å²) in [6.07, 6.45) is 4.50. The highest BCUT2D eigenvalue weighted by molar-refractivity contribution is 7.71. The van der Waals surface area contributed by atoms with Gasteiger partial charge in [0.05, 0.1) is 0 Å². The highest BCUT2D eigenvalue weighted by atomic mass is 32.1. The van der Waals surface area contributed by atoms with E-state index in [1.807, 2.05) is 31.2 Å². The van der Waals surface area contributed by atoms with E-state index in [4.69, 9.17) is 12.2 Å². The van der Waals surface area contributed by atoms with Crippen LogP contribution in [0.3, 0.4) is 0 Å². The van der Waals surface area contributed by atoms with Crippen molar-refractivity contribution in [3.05, 3.63) is 34.6 Å². The predicted octanol–water partition coefficient (Wildman–Crippen LogP) is 3.61. The molecule has 1 aromatic carbocycles. The van der Waals surface area contributed by atoms with Crippen LogP contribution in [0.5, 0.6) is 0 Å². The van der Waals surface area contributed by atoms with Crippen LogP contribution < -0.4 is 5.32 Å². The van der Waals surface area contributed by atoms with Crippen LogP contribution in [0.15, 0.2) is 24.3 Å². The van der Waals surface area contributed by atoms with Crippen molar-refractivity contribution in [1.82, 2.24) is 20.1 Å². The van der Waals surface area contributed by atoms with Crippen molar-refractivity contribution in [3.63, 3.8) is 0 Å². The van der Waals surface area contributed by atoms with E-state index in [1.54, 1.807) is 4.57 Å². The van der Waals surface area contributed by atoms with E-state index in [2.05, 4.69) is 22.4 Å². The Bertz CT molecular complexity index is 771. The Labute approximate surface area is 147 Å². The van der Waals surface area contributed by atoms with Crippen molar-refractivity contribution < 1.29 is 4.79 Å². The number of aromatic nitrogens is 3. The average Bonchev–Trinajstić information content (AvgIpc) is 2.90. The quantitative estimate of drug-likeness (QED) is 0.833. The van der Waals surface area contributed by atoms with Crippen molar-refractivity contribution in [2.45, 2.75) is 52.1 Å². The lowest BCUT2D eigenvalue weighted by atomic mass is 9.87. The van der Waals surface area contributed by atoms with Crippen LogP contribution in [-0.2, 0) is 11.3 Å². The molecule has 1 aliphatic carbocycles. The van der Waals surface area contributed by atoms with Crippen LogP contribution in [-0.4, -0.2) is 26.7 Å². The second kappa shape index (κ2) is 7.30. The number of H-pyrrole nitrogens is 1. The molecule has 1 heterocycles. The Morgan fingerprint density at radius 2 is 2.12 bits per heavy atom. The van der Waals surface area contributed by atoms with Gasteiger partial charge in [-0.2, -0.15) is 5.10 Å². The minimum atomic E-state index is 0.000885. The zero-order chi connectivity index (χ0) is 17.1. The van der Waals surface area contributed by atoms with Gasteiger partial charge in [0.1, 0.15) is 6.54 Å². The van der Waals surface area contributed by atoms with E-state index < -0.39 is 0 Å². The van der Waals surface area contributed by atoms with Crippen LogP contribution in [0.1, 0.15) is 38.2 Å². The molecule has 1 aliphatic rings. The zero-order valence-corrected chi connectivity index (χ0v) is 15.0. The van der Waals surface area contributed by atoms with E-state index in [1.165, 1.54) is 12.8 Å². The van der Waals surface area contributed by atoms with E-state index in [9.17, 15) is 4.79 Å². The summed E-state index contributed by atoms with van der Waals surface area (Å²) < 4.78 is 2.24. The van der Waals surface area contributed by atoms with Crippen molar-refractivity contribution in [2.24, 2.45) is 5.92 Å². The number of hydrogen-bond donors (Lipinski definition) is 2. The molecule has 1 amide bonds. The molecule has 0 aliphatic heterocycles. The number of aromatic amines is 1. The Balaban J connectivity index is 1.72. The van der Waals surface area contributed by atoms with Gasteiger partial charge >= 0.3 is 0 Å². The van der Waals surface area contributed by atoms with Gasteiger partial charge < -0.3 is 5.32 Å². The maximum atomic E-state index is 12.4. The first kappa shape index (κ1) is 16.9. The van der Waals surface area contributed by atoms with Crippen LogP contribution in [0, 0.1) is 17.6 Å². The Kier molecular flexibility index (Phi) is 5.14. The highest BCUT2D eigenvalue weighted by Crippen LogP contribution is 2.23. The molecule has 24 heavy (non-hydrogen) atoms. The summed E-state index contributed by atoms with van der Waals surface area (Å²) in [6, 6.07) is 8.33. The molecule has 1 fully saturated rings. The summed E-state index contributed by atoms with van der Waals surface area (Å²) in [7, 11) is 0. The zero-order valence-electron chi connectivity index (χ0n) is 14.2. The number of aryl methyl sites for hydroxylation is 1. The topological polar surface area (TPSA) is 62.7 Å². The van der Waals surface area contributed by atoms with E-state index in [0.717, 1.165) is 29.9 Å². The van der Waals surface area contributed by atoms with Crippen LogP contribution in [0.25, 0.3) is 11.4 Å². The first-order valence-corrected chi connectivity index (χ1v) is 8.95. The third-order valence-electron chi connectivity index (χ3n) is 4.72. The number of hydrogen-bond acceptors (Lipinski definition) is 3. The maximum Gasteiger partial charge on any atom is 0.240 e. The van der Waals surface area contributed by atoms with Gasteiger partial charge in [-0.25, -0.2) is 0 Å². The van der Waals surface area contributed by atoms with E-state index in [0.29, 0.717) is 10.6 Å². The summed E-state index contributed by atoms with van der Waals surface area (Å²) in [4.78, 5) is 12.4. The number of carbonyl (C=O) groups is 1. The lowest BCUT2D eigenvalue weighted by molar-refractivity contribution is -0.122. The number of benzene rings is 1. The Morgan fingerprint density at radius 3 is 2.83 bits per heavy atom. The molecular formula is C18H24N4OS. The monoisotopic (exact) mass is 344 g/mol. The molecule has 0 spiro atoms. The summed E-state index contributed by atoms with van der Waals surface area (Å²) in [5, 5.41) is 10.3. The fraction of sp³-hybridized carbons (Fsp3) is 0.500. The minimum Gasteiger partial charge on any atom is -0.352 e. The van der Waals surface area contributed by atoms with Gasteiger partial charge in [-0.3, -0.25) is 14.5 Å². The first-order chi connectivity index (χ1) is 11.5. The number of nitrogens with one attached hydrogen (secondary N) is 2. The summed E-state index contributed by atoms with van der Waals surface area (Å²) >= 11 is 5.31. The molecule has 6 heteroatoms. The van der Waals surface area contributed by atoms with Crippen molar-refractivity contribution in [3.8, 4) is 11.4 Å². The Morgan fingerprint density at radius 1 is 1.38 bits per heavy atom. The highest BCUT2D eigenvalue weighted by Gasteiger charge is 2.20. The number of rotatable bonds is 4. The van der Waals surface area contributed by atoms with Crippen LogP contribution in [0.2, 0.25) is 0 Å². The van der Waals surface area contributed by atoms with E-state index >= 15 is 0 Å². The third kappa shape index (κ3) is 3.93. The lowest BCUT2D eigenvalue weighted by Crippen LogP contribution is -2.39. The summed E-state index contributed by atoms with van der Waals surface area (Å²) in [5.41, 5.74) is 2.11. The smallest absolute Gasteiger partial charge is 0.240 e. The maximum absolute atomic E-state index is 12.4. The van der Waals surface area contributed by atoms with Gasteiger partial charge in [0.25, 0.3) is 0 Å². The van der Waals surface area contributed by atoms with Crippen LogP contribution in [0.4, 0.5) is 0 Å². The van der Waals surface area contributed by atoms with Gasteiger partial charge in [0.15, 0.2) is 10.6 Å². The fourth-order valence-electron chi connectivity index (χ4n) is 3.29. The third-order valence-corrected chi connectivity index (χ3v) is 5.03. The molecule has 128 valence electrons. The minimum absolute atomic E-state index is 0.000885. The molecule has 2 aromatic rings.